The van der Waals surface area contributed by atoms with E-state index in [-0.39, 0.29) is 11.2 Å². The van der Waals surface area contributed by atoms with E-state index < -0.39 is 0 Å². The van der Waals surface area contributed by atoms with Crippen LogP contribution in [0.15, 0.2) is 46.4 Å². The summed E-state index contributed by atoms with van der Waals surface area (Å²) in [6.45, 7) is 8.08. The molecule has 5 heterocycles. The van der Waals surface area contributed by atoms with Crippen LogP contribution in [0.4, 0.5) is 11.8 Å². The van der Waals surface area contributed by atoms with Crippen molar-refractivity contribution < 1.29 is 0 Å². The third-order valence-electron chi connectivity index (χ3n) is 6.22. The predicted molar refractivity (Wildman–Crippen MR) is 135 cm³/mol. The molecule has 4 aromatic heterocycles. The number of hydrogen-bond acceptors (Lipinski definition) is 8. The van der Waals surface area contributed by atoms with E-state index in [1.807, 2.05) is 32.0 Å². The Balaban J connectivity index is 1.39. The second-order valence-corrected chi connectivity index (χ2v) is 8.60. The SMILES string of the molecule is CCCn1c(=O)c2[nH]c(-c3ccc(N4CCN(c5ncccn5)CC4)nc3)nc2n(CCC)c1=O. The molecule has 1 aliphatic heterocycles. The Hall–Kier alpha value is -4.02. The number of H-pyrrole nitrogens is 1. The van der Waals surface area contributed by atoms with E-state index in [1.54, 1.807) is 23.2 Å². The summed E-state index contributed by atoms with van der Waals surface area (Å²) in [4.78, 5) is 51.4. The summed E-state index contributed by atoms with van der Waals surface area (Å²) < 4.78 is 2.88. The van der Waals surface area contributed by atoms with E-state index >= 15 is 0 Å². The van der Waals surface area contributed by atoms with Crippen LogP contribution < -0.4 is 21.0 Å². The highest BCUT2D eigenvalue weighted by Crippen LogP contribution is 2.22. The number of hydrogen-bond donors (Lipinski definition) is 1. The number of rotatable bonds is 7. The summed E-state index contributed by atoms with van der Waals surface area (Å²) >= 11 is 0. The molecule has 0 saturated carbocycles. The van der Waals surface area contributed by atoms with E-state index in [0.29, 0.717) is 36.5 Å². The monoisotopic (exact) mass is 475 g/mol. The van der Waals surface area contributed by atoms with Crippen molar-refractivity contribution in [2.75, 3.05) is 36.0 Å². The summed E-state index contributed by atoms with van der Waals surface area (Å²) in [5.74, 6) is 2.16. The number of nitrogens with one attached hydrogen (secondary N) is 1. The van der Waals surface area contributed by atoms with Crippen molar-refractivity contribution in [3.05, 3.63) is 57.6 Å². The number of pyridine rings is 1. The number of piperazine rings is 1. The minimum absolute atomic E-state index is 0.308. The van der Waals surface area contributed by atoms with E-state index in [1.165, 1.54) is 4.57 Å². The Morgan fingerprint density at radius 2 is 1.57 bits per heavy atom. The first-order valence-corrected chi connectivity index (χ1v) is 12.1. The van der Waals surface area contributed by atoms with Gasteiger partial charge in [0.25, 0.3) is 5.56 Å². The van der Waals surface area contributed by atoms with E-state index in [9.17, 15) is 9.59 Å². The largest absolute Gasteiger partial charge is 0.353 e. The Bertz CT molecular complexity index is 1420. The maximum absolute atomic E-state index is 13.0. The summed E-state index contributed by atoms with van der Waals surface area (Å²) in [5, 5.41) is 0. The van der Waals surface area contributed by atoms with Crippen molar-refractivity contribution in [3.8, 4) is 11.4 Å². The number of anilines is 2. The van der Waals surface area contributed by atoms with E-state index in [4.69, 9.17) is 0 Å². The van der Waals surface area contributed by atoms with Gasteiger partial charge in [-0.1, -0.05) is 13.8 Å². The normalized spacial score (nSPS) is 14.1. The predicted octanol–water partition coefficient (Wildman–Crippen LogP) is 1.88. The van der Waals surface area contributed by atoms with Gasteiger partial charge in [-0.2, -0.15) is 0 Å². The average molecular weight is 476 g/mol. The first kappa shape index (κ1) is 22.8. The molecule has 1 N–H and O–H groups in total. The van der Waals surface area contributed by atoms with Gasteiger partial charge in [0, 0.05) is 63.4 Å². The molecule has 0 aliphatic carbocycles. The first-order chi connectivity index (χ1) is 17.1. The van der Waals surface area contributed by atoms with Crippen molar-refractivity contribution in [2.45, 2.75) is 39.8 Å². The van der Waals surface area contributed by atoms with Gasteiger partial charge in [0.1, 0.15) is 17.2 Å². The number of imidazole rings is 1. The van der Waals surface area contributed by atoms with Gasteiger partial charge in [-0.05, 0) is 31.0 Å². The van der Waals surface area contributed by atoms with Gasteiger partial charge in [-0.25, -0.2) is 24.7 Å². The zero-order valence-electron chi connectivity index (χ0n) is 20.0. The van der Waals surface area contributed by atoms with Crippen molar-refractivity contribution in [2.24, 2.45) is 0 Å². The van der Waals surface area contributed by atoms with Crippen molar-refractivity contribution in [1.29, 1.82) is 0 Å². The zero-order valence-corrected chi connectivity index (χ0v) is 20.0. The molecular weight excluding hydrogens is 446 g/mol. The fourth-order valence-corrected chi connectivity index (χ4v) is 4.45. The quantitative estimate of drug-likeness (QED) is 0.431. The topological polar surface area (TPSA) is 118 Å². The van der Waals surface area contributed by atoms with Crippen molar-refractivity contribution in [3.63, 3.8) is 0 Å². The van der Waals surface area contributed by atoms with Crippen molar-refractivity contribution >= 4 is 22.9 Å². The highest BCUT2D eigenvalue weighted by atomic mass is 16.2. The molecule has 0 aromatic carbocycles. The third kappa shape index (κ3) is 4.29. The molecule has 0 bridgehead atoms. The van der Waals surface area contributed by atoms with Gasteiger partial charge in [0.2, 0.25) is 5.95 Å². The fraction of sp³-hybridized carbons (Fsp3) is 0.417. The van der Waals surface area contributed by atoms with Crippen LogP contribution in [0.25, 0.3) is 22.6 Å². The summed E-state index contributed by atoms with van der Waals surface area (Å²) in [5.41, 5.74) is 0.871. The molecule has 0 amide bonds. The smallest absolute Gasteiger partial charge is 0.332 e. The molecule has 0 radical (unpaired) electrons. The average Bonchev–Trinajstić information content (AvgIpc) is 3.35. The molecule has 0 spiro atoms. The lowest BCUT2D eigenvalue weighted by atomic mass is 10.2. The maximum Gasteiger partial charge on any atom is 0.332 e. The number of aryl methyl sites for hydroxylation is 1. The van der Waals surface area contributed by atoms with Crippen LogP contribution in [0.3, 0.4) is 0 Å². The van der Waals surface area contributed by atoms with Crippen LogP contribution in [-0.2, 0) is 13.1 Å². The minimum atomic E-state index is -0.331. The van der Waals surface area contributed by atoms with Gasteiger partial charge in [0.05, 0.1) is 0 Å². The number of aromatic nitrogens is 7. The summed E-state index contributed by atoms with van der Waals surface area (Å²) in [6, 6.07) is 5.72. The Labute approximate surface area is 202 Å². The fourth-order valence-electron chi connectivity index (χ4n) is 4.45. The lowest BCUT2D eigenvalue weighted by Crippen LogP contribution is -2.47. The molecule has 0 atom stereocenters. The van der Waals surface area contributed by atoms with Gasteiger partial charge >= 0.3 is 5.69 Å². The molecule has 0 unspecified atom stereocenters. The van der Waals surface area contributed by atoms with E-state index in [2.05, 4.69) is 34.7 Å². The number of fused-ring (bicyclic) bond motifs is 1. The van der Waals surface area contributed by atoms with Crippen LogP contribution in [0, 0.1) is 0 Å². The van der Waals surface area contributed by atoms with Gasteiger partial charge < -0.3 is 14.8 Å². The molecule has 35 heavy (non-hydrogen) atoms. The zero-order chi connectivity index (χ0) is 24.4. The van der Waals surface area contributed by atoms with E-state index in [0.717, 1.165) is 49.9 Å². The molecule has 1 aliphatic rings. The number of nitrogens with zero attached hydrogens (tertiary/aromatic N) is 8. The third-order valence-corrected chi connectivity index (χ3v) is 6.22. The summed E-state index contributed by atoms with van der Waals surface area (Å²) in [7, 11) is 0. The molecule has 5 rings (SSSR count). The van der Waals surface area contributed by atoms with Crippen LogP contribution in [-0.4, -0.2) is 60.2 Å². The highest BCUT2D eigenvalue weighted by molar-refractivity contribution is 5.75. The molecular formula is C24H29N9O2. The van der Waals surface area contributed by atoms with Gasteiger partial charge in [-0.3, -0.25) is 13.9 Å². The van der Waals surface area contributed by atoms with Gasteiger partial charge in [-0.15, -0.1) is 0 Å². The highest BCUT2D eigenvalue weighted by Gasteiger charge is 2.21. The standard InChI is InChI=1S/C24H29N9O2/c1-3-10-32-21-19(22(34)33(11-4-2)24(32)35)28-20(29-21)17-6-7-18(27-16-17)30-12-14-31(15-13-30)23-25-8-5-9-26-23/h5-9,16H,3-4,10-15H2,1-2H3,(H,28,29). The van der Waals surface area contributed by atoms with Gasteiger partial charge in [0.15, 0.2) is 5.65 Å². The molecule has 1 saturated heterocycles. The van der Waals surface area contributed by atoms with Crippen molar-refractivity contribution in [1.82, 2.24) is 34.1 Å². The molecule has 182 valence electrons. The molecule has 4 aromatic rings. The molecule has 1 fully saturated rings. The Kier molecular flexibility index (Phi) is 6.30. The lowest BCUT2D eigenvalue weighted by molar-refractivity contribution is 0.555. The lowest BCUT2D eigenvalue weighted by Gasteiger charge is -2.35. The Morgan fingerprint density at radius 1 is 0.886 bits per heavy atom. The van der Waals surface area contributed by atoms with Crippen LogP contribution >= 0.6 is 0 Å². The number of aromatic amines is 1. The summed E-state index contributed by atoms with van der Waals surface area (Å²) in [6.07, 6.45) is 6.74. The Morgan fingerprint density at radius 3 is 2.23 bits per heavy atom. The second-order valence-electron chi connectivity index (χ2n) is 8.60. The first-order valence-electron chi connectivity index (χ1n) is 12.1. The van der Waals surface area contributed by atoms with Crippen LogP contribution in [0.2, 0.25) is 0 Å². The molecule has 11 nitrogen and oxygen atoms in total. The van der Waals surface area contributed by atoms with Crippen LogP contribution in [0.5, 0.6) is 0 Å². The second kappa shape index (κ2) is 9.69. The minimum Gasteiger partial charge on any atom is -0.353 e. The maximum atomic E-state index is 13.0. The van der Waals surface area contributed by atoms with Crippen LogP contribution in [0.1, 0.15) is 26.7 Å². The molecule has 11 heteroatoms.